The van der Waals surface area contributed by atoms with E-state index in [0.29, 0.717) is 13.0 Å². The van der Waals surface area contributed by atoms with Gasteiger partial charge in [0.05, 0.1) is 6.04 Å². The van der Waals surface area contributed by atoms with Gasteiger partial charge < -0.3 is 15.5 Å². The number of carbonyl (C=O) groups excluding carboxylic acids is 2. The number of hydrogen-bond acceptors (Lipinski definition) is 3. The zero-order valence-electron chi connectivity index (χ0n) is 12.6. The zero-order valence-corrected chi connectivity index (χ0v) is 13.4. The molecule has 0 bridgehead atoms. The Balaban J connectivity index is 1.89. The maximum atomic E-state index is 12.0. The molecule has 1 atom stereocenters. The Labute approximate surface area is 129 Å². The van der Waals surface area contributed by atoms with E-state index in [1.54, 1.807) is 16.7 Å². The highest BCUT2D eigenvalue weighted by atomic mass is 32.2. The summed E-state index contributed by atoms with van der Waals surface area (Å²) in [6.07, 6.45) is 2.36. The molecule has 0 spiro atoms. The molecule has 1 aromatic rings. The molecule has 1 aliphatic rings. The number of nitrogens with zero attached hydrogens (tertiary/aromatic N) is 1. The lowest BCUT2D eigenvalue weighted by molar-refractivity contribution is -0.129. The smallest absolute Gasteiger partial charge is 0.319 e. The highest BCUT2D eigenvalue weighted by molar-refractivity contribution is 7.98. The topological polar surface area (TPSA) is 61.4 Å². The van der Waals surface area contributed by atoms with Crippen molar-refractivity contribution in [1.29, 1.82) is 0 Å². The van der Waals surface area contributed by atoms with Gasteiger partial charge in [-0.25, -0.2) is 4.79 Å². The van der Waals surface area contributed by atoms with Crippen LogP contribution in [0.3, 0.4) is 0 Å². The minimum Gasteiger partial charge on any atom is -0.338 e. The zero-order chi connectivity index (χ0) is 15.4. The maximum absolute atomic E-state index is 12.0. The van der Waals surface area contributed by atoms with Crippen molar-refractivity contribution in [2.75, 3.05) is 18.1 Å². The summed E-state index contributed by atoms with van der Waals surface area (Å²) < 4.78 is 0. The van der Waals surface area contributed by atoms with Crippen LogP contribution in [0.4, 0.5) is 10.5 Å². The lowest BCUT2D eigenvalue weighted by Gasteiger charge is -2.21. The van der Waals surface area contributed by atoms with Crippen LogP contribution in [-0.4, -0.2) is 41.7 Å². The fourth-order valence-electron chi connectivity index (χ4n) is 2.38. The first-order valence-electron chi connectivity index (χ1n) is 7.00. The van der Waals surface area contributed by atoms with Crippen molar-refractivity contribution < 1.29 is 9.59 Å². The van der Waals surface area contributed by atoms with Crippen LogP contribution < -0.4 is 10.6 Å². The van der Waals surface area contributed by atoms with Gasteiger partial charge in [-0.2, -0.15) is 0 Å². The molecule has 1 aliphatic heterocycles. The minimum absolute atomic E-state index is 0.0969. The summed E-state index contributed by atoms with van der Waals surface area (Å²) in [7, 11) is 0. The summed E-state index contributed by atoms with van der Waals surface area (Å²) in [6.45, 7) is 4.54. The number of urea groups is 1. The number of carbonyl (C=O) groups is 2. The molecule has 3 amide bonds. The molecule has 5 nitrogen and oxygen atoms in total. The number of nitrogens with one attached hydrogen (secondary N) is 2. The molecule has 1 fully saturated rings. The molecule has 2 rings (SSSR count). The van der Waals surface area contributed by atoms with Crippen LogP contribution in [0.25, 0.3) is 0 Å². The number of likely N-dealkylation sites (tertiary alicyclic amines) is 1. The quantitative estimate of drug-likeness (QED) is 0.840. The summed E-state index contributed by atoms with van der Waals surface area (Å²) in [5.41, 5.74) is 0.754. The van der Waals surface area contributed by atoms with E-state index < -0.39 is 0 Å². The number of thioether (sulfide) groups is 1. The normalized spacial score (nSPS) is 18.2. The number of rotatable bonds is 4. The fraction of sp³-hybridized carbons (Fsp3) is 0.467. The lowest BCUT2D eigenvalue weighted by atomic mass is 10.2. The molecule has 0 radical (unpaired) electrons. The van der Waals surface area contributed by atoms with Crippen molar-refractivity contribution >= 4 is 29.4 Å². The second kappa shape index (κ2) is 6.85. The molecule has 2 N–H and O–H groups in total. The molecular formula is C15H21N3O2S. The average Bonchev–Trinajstić information content (AvgIpc) is 2.79. The van der Waals surface area contributed by atoms with Crippen molar-refractivity contribution in [2.24, 2.45) is 0 Å². The van der Waals surface area contributed by atoms with Crippen LogP contribution in [0.15, 0.2) is 29.2 Å². The largest absolute Gasteiger partial charge is 0.338 e. The number of hydrogen-bond donors (Lipinski definition) is 2. The number of anilines is 1. The van der Waals surface area contributed by atoms with Gasteiger partial charge >= 0.3 is 6.03 Å². The molecule has 1 saturated heterocycles. The van der Waals surface area contributed by atoms with E-state index in [0.717, 1.165) is 10.6 Å². The Morgan fingerprint density at radius 1 is 1.43 bits per heavy atom. The van der Waals surface area contributed by atoms with E-state index in [1.165, 1.54) is 0 Å². The number of amides is 3. The third-order valence-corrected chi connectivity index (χ3v) is 4.17. The second-order valence-corrected chi connectivity index (χ2v) is 6.25. The Bertz CT molecular complexity index is 533. The number of benzene rings is 1. The van der Waals surface area contributed by atoms with Gasteiger partial charge in [-0.05, 0) is 38.3 Å². The Morgan fingerprint density at radius 3 is 2.81 bits per heavy atom. The summed E-state index contributed by atoms with van der Waals surface area (Å²) in [4.78, 5) is 26.7. The molecule has 0 aromatic heterocycles. The predicted molar refractivity (Wildman–Crippen MR) is 85.6 cm³/mol. The molecule has 0 saturated carbocycles. The van der Waals surface area contributed by atoms with E-state index in [-0.39, 0.29) is 24.0 Å². The Morgan fingerprint density at radius 2 is 2.19 bits per heavy atom. The average molecular weight is 307 g/mol. The monoisotopic (exact) mass is 307 g/mol. The van der Waals surface area contributed by atoms with Gasteiger partial charge in [-0.3, -0.25) is 4.79 Å². The van der Waals surface area contributed by atoms with Crippen LogP contribution in [-0.2, 0) is 4.79 Å². The Kier molecular flexibility index (Phi) is 5.12. The van der Waals surface area contributed by atoms with Gasteiger partial charge in [0.2, 0.25) is 5.91 Å². The van der Waals surface area contributed by atoms with Gasteiger partial charge in [0, 0.05) is 29.6 Å². The highest BCUT2D eigenvalue weighted by Gasteiger charge is 2.31. The molecule has 0 aliphatic carbocycles. The first kappa shape index (κ1) is 15.7. The van der Waals surface area contributed by atoms with Gasteiger partial charge in [-0.15, -0.1) is 11.8 Å². The second-order valence-electron chi connectivity index (χ2n) is 5.37. The van der Waals surface area contributed by atoms with E-state index in [4.69, 9.17) is 0 Å². The van der Waals surface area contributed by atoms with Crippen LogP contribution in [0.5, 0.6) is 0 Å². The van der Waals surface area contributed by atoms with Gasteiger partial charge in [0.15, 0.2) is 0 Å². The molecule has 1 heterocycles. The SMILES string of the molecule is CSc1cccc(NC(=O)NC2CC(=O)N(C(C)C)C2)c1. The van der Waals surface area contributed by atoms with Crippen molar-refractivity contribution in [2.45, 2.75) is 37.2 Å². The van der Waals surface area contributed by atoms with Crippen molar-refractivity contribution in [3.05, 3.63) is 24.3 Å². The molecular weight excluding hydrogens is 286 g/mol. The van der Waals surface area contributed by atoms with Crippen LogP contribution in [0.1, 0.15) is 20.3 Å². The highest BCUT2D eigenvalue weighted by Crippen LogP contribution is 2.19. The summed E-state index contributed by atoms with van der Waals surface area (Å²) >= 11 is 1.62. The third-order valence-electron chi connectivity index (χ3n) is 3.44. The van der Waals surface area contributed by atoms with Crippen molar-refractivity contribution in [3.63, 3.8) is 0 Å². The standard InChI is InChI=1S/C15H21N3O2S/c1-10(2)18-9-12(8-14(18)19)17-15(20)16-11-5-4-6-13(7-11)21-3/h4-7,10,12H,8-9H2,1-3H3,(H2,16,17,20). The molecule has 1 aromatic carbocycles. The minimum atomic E-state index is -0.267. The van der Waals surface area contributed by atoms with Crippen molar-refractivity contribution in [3.8, 4) is 0 Å². The summed E-state index contributed by atoms with van der Waals surface area (Å²) in [5, 5.41) is 5.67. The van der Waals surface area contributed by atoms with Crippen LogP contribution in [0.2, 0.25) is 0 Å². The van der Waals surface area contributed by atoms with Crippen molar-refractivity contribution in [1.82, 2.24) is 10.2 Å². The third kappa shape index (κ3) is 4.14. The first-order valence-corrected chi connectivity index (χ1v) is 8.23. The molecule has 1 unspecified atom stereocenters. The molecule has 114 valence electrons. The molecule has 6 heteroatoms. The van der Waals surface area contributed by atoms with E-state index in [1.807, 2.05) is 44.4 Å². The van der Waals surface area contributed by atoms with E-state index in [9.17, 15) is 9.59 Å². The van der Waals surface area contributed by atoms with Gasteiger partial charge in [-0.1, -0.05) is 6.07 Å². The molecule has 21 heavy (non-hydrogen) atoms. The first-order chi connectivity index (χ1) is 9.99. The van der Waals surface area contributed by atoms with Crippen LogP contribution >= 0.6 is 11.8 Å². The van der Waals surface area contributed by atoms with Gasteiger partial charge in [0.1, 0.15) is 0 Å². The van der Waals surface area contributed by atoms with Crippen LogP contribution in [0, 0.1) is 0 Å². The maximum Gasteiger partial charge on any atom is 0.319 e. The van der Waals surface area contributed by atoms with E-state index in [2.05, 4.69) is 10.6 Å². The summed E-state index contributed by atoms with van der Waals surface area (Å²) in [5.74, 6) is 0.0969. The van der Waals surface area contributed by atoms with Gasteiger partial charge in [0.25, 0.3) is 0 Å². The summed E-state index contributed by atoms with van der Waals surface area (Å²) in [6, 6.07) is 7.44. The predicted octanol–water partition coefficient (Wildman–Crippen LogP) is 2.54. The lowest BCUT2D eigenvalue weighted by Crippen LogP contribution is -2.40. The fourth-order valence-corrected chi connectivity index (χ4v) is 2.84. The van der Waals surface area contributed by atoms with E-state index >= 15 is 0 Å². The Hall–Kier alpha value is -1.69.